The highest BCUT2D eigenvalue weighted by Crippen LogP contribution is 2.68. The van der Waals surface area contributed by atoms with Crippen LogP contribution in [0.15, 0.2) is 0 Å². The number of aliphatic hydroxyl groups is 3. The Morgan fingerprint density at radius 1 is 1.04 bits per heavy atom. The van der Waals surface area contributed by atoms with Gasteiger partial charge in [0.05, 0.1) is 18.3 Å². The molecule has 4 fully saturated rings. The number of hydrogen-bond donors (Lipinski definition) is 3. The van der Waals surface area contributed by atoms with Gasteiger partial charge in [0.2, 0.25) is 0 Å². The Bertz CT molecular complexity index is 614. The van der Waals surface area contributed by atoms with Gasteiger partial charge in [0, 0.05) is 12.5 Å². The number of rotatable bonds is 1. The standard InChI is InChI=1S/C22H34O4/c1-5-22(25)18(24)12-16-19-15(7-9-21(16,22)3)20(2)8-6-14(26-4)10-13(20)11-17(19)23/h1,13-19,23-25H,6-12H2,2-4H3/t13-,14-,15?,16?,17-,18-,19?,20-,21-,22-/m0/s1. The van der Waals surface area contributed by atoms with Crippen molar-refractivity contribution in [3.05, 3.63) is 0 Å². The zero-order valence-electron chi connectivity index (χ0n) is 16.3. The van der Waals surface area contributed by atoms with Crippen molar-refractivity contribution in [2.75, 3.05) is 7.11 Å². The molecule has 26 heavy (non-hydrogen) atoms. The van der Waals surface area contributed by atoms with Crippen LogP contribution in [0.4, 0.5) is 0 Å². The van der Waals surface area contributed by atoms with E-state index in [1.807, 2.05) is 6.92 Å². The normalized spacial score (nSPS) is 59.0. The Kier molecular flexibility index (Phi) is 4.29. The molecule has 3 N–H and O–H groups in total. The van der Waals surface area contributed by atoms with Crippen LogP contribution in [0.2, 0.25) is 0 Å². The topological polar surface area (TPSA) is 69.9 Å². The van der Waals surface area contributed by atoms with Crippen LogP contribution >= 0.6 is 0 Å². The van der Waals surface area contributed by atoms with Crippen LogP contribution in [-0.2, 0) is 4.74 Å². The summed E-state index contributed by atoms with van der Waals surface area (Å²) < 4.78 is 5.63. The molecular formula is C22H34O4. The fourth-order valence-electron chi connectivity index (χ4n) is 7.68. The maximum atomic E-state index is 11.2. The third-order valence-corrected chi connectivity index (χ3v) is 9.41. The van der Waals surface area contributed by atoms with Gasteiger partial charge < -0.3 is 20.1 Å². The molecule has 0 aromatic carbocycles. The van der Waals surface area contributed by atoms with Crippen LogP contribution in [0.5, 0.6) is 0 Å². The summed E-state index contributed by atoms with van der Waals surface area (Å²) in [6.07, 6.45) is 11.0. The predicted octanol–water partition coefficient (Wildman–Crippen LogP) is 2.35. The molecule has 4 nitrogen and oxygen atoms in total. The van der Waals surface area contributed by atoms with E-state index in [0.29, 0.717) is 24.4 Å². The van der Waals surface area contributed by atoms with E-state index >= 15 is 0 Å². The second kappa shape index (κ2) is 5.95. The Hall–Kier alpha value is -0.600. The fraction of sp³-hybridized carbons (Fsp3) is 0.909. The second-order valence-electron chi connectivity index (χ2n) is 10.0. The minimum absolute atomic E-state index is 0.0743. The van der Waals surface area contributed by atoms with Crippen molar-refractivity contribution < 1.29 is 20.1 Å². The lowest BCUT2D eigenvalue weighted by Gasteiger charge is -2.62. The highest BCUT2D eigenvalue weighted by atomic mass is 16.5. The summed E-state index contributed by atoms with van der Waals surface area (Å²) in [6.45, 7) is 4.45. The quantitative estimate of drug-likeness (QED) is 0.626. The molecule has 4 heteroatoms. The van der Waals surface area contributed by atoms with Crippen molar-refractivity contribution in [3.63, 3.8) is 0 Å². The minimum Gasteiger partial charge on any atom is -0.393 e. The van der Waals surface area contributed by atoms with Gasteiger partial charge in [-0.1, -0.05) is 19.8 Å². The van der Waals surface area contributed by atoms with Gasteiger partial charge >= 0.3 is 0 Å². The maximum Gasteiger partial charge on any atom is 0.156 e. The van der Waals surface area contributed by atoms with Crippen LogP contribution in [-0.4, -0.2) is 46.3 Å². The molecular weight excluding hydrogens is 328 g/mol. The van der Waals surface area contributed by atoms with E-state index < -0.39 is 17.1 Å². The van der Waals surface area contributed by atoms with Gasteiger partial charge in [-0.25, -0.2) is 0 Å². The predicted molar refractivity (Wildman–Crippen MR) is 99.1 cm³/mol. The first-order chi connectivity index (χ1) is 12.2. The van der Waals surface area contributed by atoms with Crippen LogP contribution < -0.4 is 0 Å². The zero-order valence-corrected chi connectivity index (χ0v) is 16.3. The van der Waals surface area contributed by atoms with Crippen molar-refractivity contribution in [1.82, 2.24) is 0 Å². The Morgan fingerprint density at radius 3 is 2.42 bits per heavy atom. The molecule has 0 spiro atoms. The second-order valence-corrected chi connectivity index (χ2v) is 10.0. The van der Waals surface area contributed by atoms with Crippen molar-refractivity contribution in [3.8, 4) is 12.3 Å². The third kappa shape index (κ3) is 2.18. The first-order valence-corrected chi connectivity index (χ1v) is 10.3. The summed E-state index contributed by atoms with van der Waals surface area (Å²) in [5, 5.41) is 32.8. The van der Waals surface area contributed by atoms with Crippen molar-refractivity contribution in [1.29, 1.82) is 0 Å². The molecule has 0 radical (unpaired) electrons. The molecule has 146 valence electrons. The van der Waals surface area contributed by atoms with Crippen molar-refractivity contribution in [2.24, 2.45) is 34.5 Å². The zero-order chi connectivity index (χ0) is 18.9. The van der Waals surface area contributed by atoms with Gasteiger partial charge in [-0.05, 0) is 74.0 Å². The van der Waals surface area contributed by atoms with E-state index in [-0.39, 0.29) is 23.4 Å². The number of methoxy groups -OCH3 is 1. The first-order valence-electron chi connectivity index (χ1n) is 10.3. The Balaban J connectivity index is 1.68. The molecule has 4 saturated carbocycles. The number of fused-ring (bicyclic) bond motifs is 5. The molecule has 0 aromatic heterocycles. The lowest BCUT2D eigenvalue weighted by molar-refractivity contribution is -0.187. The summed E-state index contributed by atoms with van der Waals surface area (Å²) in [5.74, 6) is 3.63. The molecule has 3 unspecified atom stereocenters. The Labute approximate surface area is 157 Å². The smallest absolute Gasteiger partial charge is 0.156 e. The lowest BCUT2D eigenvalue weighted by atomic mass is 9.43. The average Bonchev–Trinajstić information content (AvgIpc) is 2.83. The van der Waals surface area contributed by atoms with Gasteiger partial charge in [0.1, 0.15) is 0 Å². The summed E-state index contributed by atoms with van der Waals surface area (Å²) >= 11 is 0. The van der Waals surface area contributed by atoms with Crippen LogP contribution in [0.3, 0.4) is 0 Å². The van der Waals surface area contributed by atoms with E-state index in [4.69, 9.17) is 11.2 Å². The maximum absolute atomic E-state index is 11.2. The largest absolute Gasteiger partial charge is 0.393 e. The van der Waals surface area contributed by atoms with Gasteiger partial charge in [0.15, 0.2) is 5.60 Å². The summed E-state index contributed by atoms with van der Waals surface area (Å²) in [5.41, 5.74) is -1.79. The van der Waals surface area contributed by atoms with E-state index in [0.717, 1.165) is 38.5 Å². The molecule has 0 saturated heterocycles. The highest BCUT2D eigenvalue weighted by molar-refractivity contribution is 5.27. The molecule has 4 aliphatic carbocycles. The van der Waals surface area contributed by atoms with Crippen molar-refractivity contribution >= 4 is 0 Å². The number of ether oxygens (including phenoxy) is 1. The fourth-order valence-corrected chi connectivity index (χ4v) is 7.68. The summed E-state index contributed by atoms with van der Waals surface area (Å²) in [4.78, 5) is 0. The number of hydrogen-bond acceptors (Lipinski definition) is 4. The van der Waals surface area contributed by atoms with Crippen LogP contribution in [0.1, 0.15) is 58.8 Å². The lowest BCUT2D eigenvalue weighted by Crippen LogP contribution is -2.61. The summed E-state index contributed by atoms with van der Waals surface area (Å²) in [7, 11) is 1.79. The third-order valence-electron chi connectivity index (χ3n) is 9.41. The molecule has 4 rings (SSSR count). The van der Waals surface area contributed by atoms with Gasteiger partial charge in [0.25, 0.3) is 0 Å². The van der Waals surface area contributed by atoms with Gasteiger partial charge in [-0.3, -0.25) is 0 Å². The first kappa shape index (κ1) is 18.7. The number of terminal acetylenes is 1. The SMILES string of the molecule is C#C[C@]1(O)[C@@H](O)CC2C3C(CC[C@@]21C)[C@@]1(C)CC[C@H](OC)C[C@H]1C[C@@H]3O. The van der Waals surface area contributed by atoms with Crippen molar-refractivity contribution in [2.45, 2.75) is 82.7 Å². The molecule has 0 bridgehead atoms. The monoisotopic (exact) mass is 362 g/mol. The van der Waals surface area contributed by atoms with E-state index in [1.54, 1.807) is 7.11 Å². The summed E-state index contributed by atoms with van der Waals surface area (Å²) in [6, 6.07) is 0. The highest BCUT2D eigenvalue weighted by Gasteiger charge is 2.68. The van der Waals surface area contributed by atoms with Gasteiger partial charge in [-0.2, -0.15) is 0 Å². The van der Waals surface area contributed by atoms with E-state index in [2.05, 4.69) is 12.8 Å². The van der Waals surface area contributed by atoms with Gasteiger partial charge in [-0.15, -0.1) is 6.42 Å². The minimum atomic E-state index is -1.48. The van der Waals surface area contributed by atoms with Crippen LogP contribution in [0, 0.1) is 46.8 Å². The molecule has 10 atom stereocenters. The number of aliphatic hydroxyl groups excluding tert-OH is 2. The molecule has 0 amide bonds. The molecule has 0 aliphatic heterocycles. The Morgan fingerprint density at radius 2 is 1.77 bits per heavy atom. The van der Waals surface area contributed by atoms with E-state index in [9.17, 15) is 15.3 Å². The average molecular weight is 363 g/mol. The van der Waals surface area contributed by atoms with Crippen LogP contribution in [0.25, 0.3) is 0 Å². The molecule has 4 aliphatic rings. The molecule has 0 aromatic rings. The molecule has 0 heterocycles. The van der Waals surface area contributed by atoms with E-state index in [1.165, 1.54) is 0 Å².